The van der Waals surface area contributed by atoms with Gasteiger partial charge in [-0.1, -0.05) is 141 Å². The molecule has 0 aliphatic carbocycles. The quantitative estimate of drug-likeness (QED) is 0.128. The molecule has 2 aromatic heterocycles. The Labute approximate surface area is 230 Å². The molecule has 1 nitrogen and oxygen atoms in total. The second-order valence-corrected chi connectivity index (χ2v) is 12.9. The third kappa shape index (κ3) is 13.7. The molecule has 0 aliphatic rings. The minimum Gasteiger partial charge on any atom is -0.239 e. The van der Waals surface area contributed by atoms with Crippen LogP contribution in [0.1, 0.15) is 154 Å². The van der Waals surface area contributed by atoms with Crippen LogP contribution in [0.3, 0.4) is 0 Å². The zero-order valence-corrected chi connectivity index (χ0v) is 25.2. The molecule has 0 unspecified atom stereocenters. The van der Waals surface area contributed by atoms with Gasteiger partial charge < -0.3 is 0 Å². The number of aryl methyl sites for hydroxylation is 2. The zero-order valence-electron chi connectivity index (χ0n) is 22.9. The maximum atomic E-state index is 6.61. The van der Waals surface area contributed by atoms with Crippen molar-refractivity contribution in [2.24, 2.45) is 0 Å². The van der Waals surface area contributed by atoms with Crippen LogP contribution in [0, 0.1) is 0 Å². The first-order valence-electron chi connectivity index (χ1n) is 15.0. The van der Waals surface area contributed by atoms with Gasteiger partial charge in [-0.3, -0.25) is 0 Å². The Morgan fingerprint density at radius 1 is 0.629 bits per heavy atom. The molecule has 2 rings (SSSR count). The lowest BCUT2D eigenvalue weighted by molar-refractivity contribution is 0.555. The van der Waals surface area contributed by atoms with Crippen molar-refractivity contribution in [3.63, 3.8) is 0 Å². The van der Waals surface area contributed by atoms with Gasteiger partial charge in [0.1, 0.15) is 9.34 Å². The monoisotopic (exact) mass is 537 g/mol. The standard InChI is InChI=1S/C31H52ClNS2/c1-3-5-7-9-11-13-15-17-19-21-23-27-25-26-34-29(27)31-33-28(30(32)35-31)24-22-20-18-16-14-12-10-8-6-4-2/h25-26H,3-24H2,1-2H3. The number of hydrogen-bond acceptors (Lipinski definition) is 3. The van der Waals surface area contributed by atoms with E-state index in [2.05, 4.69) is 25.3 Å². The average Bonchev–Trinajstić information content (AvgIpc) is 3.47. The van der Waals surface area contributed by atoms with Gasteiger partial charge in [-0.15, -0.1) is 22.7 Å². The van der Waals surface area contributed by atoms with Crippen molar-refractivity contribution >= 4 is 34.3 Å². The first-order chi connectivity index (χ1) is 17.3. The van der Waals surface area contributed by atoms with E-state index in [4.69, 9.17) is 16.6 Å². The van der Waals surface area contributed by atoms with Crippen LogP contribution in [0.4, 0.5) is 0 Å². The maximum absolute atomic E-state index is 6.61. The Bertz CT molecular complexity index is 751. The minimum absolute atomic E-state index is 0.911. The summed E-state index contributed by atoms with van der Waals surface area (Å²) in [6, 6.07) is 2.31. The van der Waals surface area contributed by atoms with E-state index in [1.807, 2.05) is 11.3 Å². The molecular formula is C31H52ClNS2. The number of thiophene rings is 1. The van der Waals surface area contributed by atoms with Crippen LogP contribution >= 0.6 is 34.3 Å². The summed E-state index contributed by atoms with van der Waals surface area (Å²) in [5.74, 6) is 0. The molecular weight excluding hydrogens is 486 g/mol. The Kier molecular flexibility index (Phi) is 18.2. The van der Waals surface area contributed by atoms with Crippen molar-refractivity contribution in [2.45, 2.75) is 155 Å². The van der Waals surface area contributed by atoms with Crippen LogP contribution in [0.5, 0.6) is 0 Å². The third-order valence-corrected chi connectivity index (χ3v) is 9.60. The van der Waals surface area contributed by atoms with Crippen LogP contribution in [0.25, 0.3) is 9.88 Å². The van der Waals surface area contributed by atoms with Crippen molar-refractivity contribution in [1.82, 2.24) is 4.98 Å². The molecule has 2 heterocycles. The molecule has 0 aromatic carbocycles. The number of aromatic nitrogens is 1. The number of rotatable bonds is 23. The predicted octanol–water partition coefficient (Wildman–Crippen LogP) is 12.5. The van der Waals surface area contributed by atoms with Crippen LogP contribution in [0.15, 0.2) is 11.4 Å². The van der Waals surface area contributed by atoms with Crippen LogP contribution in [-0.4, -0.2) is 4.98 Å². The summed E-state index contributed by atoms with van der Waals surface area (Å²) in [6.07, 6.45) is 29.8. The fourth-order valence-electron chi connectivity index (χ4n) is 4.89. The van der Waals surface area contributed by atoms with E-state index in [9.17, 15) is 0 Å². The molecule has 0 bridgehead atoms. The summed E-state index contributed by atoms with van der Waals surface area (Å²) in [5, 5.41) is 3.38. The van der Waals surface area contributed by atoms with Crippen molar-refractivity contribution in [2.75, 3.05) is 0 Å². The molecule has 0 fully saturated rings. The summed E-state index contributed by atoms with van der Waals surface area (Å²) in [4.78, 5) is 6.35. The van der Waals surface area contributed by atoms with Crippen LogP contribution < -0.4 is 0 Å². The molecule has 2 aromatic rings. The number of thiazole rings is 1. The summed E-state index contributed by atoms with van der Waals surface area (Å²) < 4.78 is 0.911. The Morgan fingerprint density at radius 3 is 1.60 bits per heavy atom. The Hall–Kier alpha value is -0.380. The highest BCUT2D eigenvalue weighted by Crippen LogP contribution is 2.37. The lowest BCUT2D eigenvalue weighted by Crippen LogP contribution is -1.89. The van der Waals surface area contributed by atoms with Crippen molar-refractivity contribution < 1.29 is 0 Å². The number of hydrogen-bond donors (Lipinski definition) is 0. The summed E-state index contributed by atoms with van der Waals surface area (Å²) in [6.45, 7) is 4.58. The van der Waals surface area contributed by atoms with Gasteiger partial charge >= 0.3 is 0 Å². The van der Waals surface area contributed by atoms with Crippen LogP contribution in [0.2, 0.25) is 4.34 Å². The summed E-state index contributed by atoms with van der Waals surface area (Å²) in [5.41, 5.74) is 2.61. The molecule has 4 heteroatoms. The lowest BCUT2D eigenvalue weighted by Gasteiger charge is -2.03. The second-order valence-electron chi connectivity index (χ2n) is 10.4. The fourth-order valence-corrected chi connectivity index (χ4v) is 7.16. The summed E-state index contributed by atoms with van der Waals surface area (Å²) >= 11 is 10.1. The van der Waals surface area contributed by atoms with Gasteiger partial charge in [-0.2, -0.15) is 0 Å². The largest absolute Gasteiger partial charge is 0.239 e. The van der Waals surface area contributed by atoms with Crippen molar-refractivity contribution in [3.05, 3.63) is 27.0 Å². The smallest absolute Gasteiger partial charge is 0.135 e. The molecule has 0 radical (unpaired) electrons. The molecule has 35 heavy (non-hydrogen) atoms. The SMILES string of the molecule is CCCCCCCCCCCCc1ccsc1-c1nc(CCCCCCCCCCCC)c(Cl)s1. The fraction of sp³-hybridized carbons (Fsp3) is 0.774. The van der Waals surface area contributed by atoms with Crippen molar-refractivity contribution in [1.29, 1.82) is 0 Å². The normalized spacial score (nSPS) is 11.5. The van der Waals surface area contributed by atoms with Crippen LogP contribution in [-0.2, 0) is 12.8 Å². The van der Waals surface area contributed by atoms with Gasteiger partial charge in [0.15, 0.2) is 0 Å². The van der Waals surface area contributed by atoms with E-state index >= 15 is 0 Å². The first-order valence-corrected chi connectivity index (χ1v) is 17.1. The van der Waals surface area contributed by atoms with E-state index in [1.54, 1.807) is 11.3 Å². The molecule has 0 amide bonds. The van der Waals surface area contributed by atoms with E-state index in [1.165, 1.54) is 145 Å². The number of unbranched alkanes of at least 4 members (excludes halogenated alkanes) is 18. The Balaban J connectivity index is 1.61. The topological polar surface area (TPSA) is 12.9 Å². The molecule has 0 saturated carbocycles. The molecule has 0 aliphatic heterocycles. The molecule has 0 spiro atoms. The van der Waals surface area contributed by atoms with Gasteiger partial charge in [0, 0.05) is 0 Å². The van der Waals surface area contributed by atoms with Gasteiger partial charge in [0.2, 0.25) is 0 Å². The van der Waals surface area contributed by atoms with Gasteiger partial charge in [-0.25, -0.2) is 4.98 Å². The highest BCUT2D eigenvalue weighted by molar-refractivity contribution is 7.23. The highest BCUT2D eigenvalue weighted by atomic mass is 35.5. The zero-order chi connectivity index (χ0) is 25.0. The Morgan fingerprint density at radius 2 is 1.09 bits per heavy atom. The van der Waals surface area contributed by atoms with Gasteiger partial charge in [0.05, 0.1) is 10.6 Å². The van der Waals surface area contributed by atoms with E-state index in [0.717, 1.165) is 21.5 Å². The molecule has 0 atom stereocenters. The molecule has 0 saturated heterocycles. The van der Waals surface area contributed by atoms with Gasteiger partial charge in [-0.05, 0) is 42.7 Å². The third-order valence-electron chi connectivity index (χ3n) is 7.16. The molecule has 0 N–H and O–H groups in total. The van der Waals surface area contributed by atoms with Gasteiger partial charge in [0.25, 0.3) is 0 Å². The predicted molar refractivity (Wildman–Crippen MR) is 162 cm³/mol. The van der Waals surface area contributed by atoms with E-state index < -0.39 is 0 Å². The maximum Gasteiger partial charge on any atom is 0.135 e. The number of nitrogens with zero attached hydrogens (tertiary/aromatic N) is 1. The van der Waals surface area contributed by atoms with E-state index in [-0.39, 0.29) is 0 Å². The second kappa shape index (κ2) is 20.7. The minimum atomic E-state index is 0.911. The average molecular weight is 538 g/mol. The highest BCUT2D eigenvalue weighted by Gasteiger charge is 2.15. The first kappa shape index (κ1) is 30.8. The van der Waals surface area contributed by atoms with E-state index in [0.29, 0.717) is 0 Å². The number of halogens is 1. The molecule has 200 valence electrons. The lowest BCUT2D eigenvalue weighted by atomic mass is 10.0. The van der Waals surface area contributed by atoms with Crippen molar-refractivity contribution in [3.8, 4) is 9.88 Å². The summed E-state index contributed by atoms with van der Waals surface area (Å²) in [7, 11) is 0.